The fourth-order valence-corrected chi connectivity index (χ4v) is 11.3. The first-order valence-electron chi connectivity index (χ1n) is 14.2. The third-order valence-electron chi connectivity index (χ3n) is 13.6. The van der Waals surface area contributed by atoms with Gasteiger partial charge in [0.15, 0.2) is 0 Å². The number of hydrogen-bond acceptors (Lipinski definition) is 6. The zero-order valence-corrected chi connectivity index (χ0v) is 22.9. The molecule has 6 aliphatic rings. The average Bonchev–Trinajstić information content (AvgIpc) is 3.11. The standard InChI is InChI=1S/C30H46O6/c1-25(2)11-17-16-7-8-20-26(3)12-18(32)23(34)27(4,15-31)19(26)9-10-28(20,5)29(16,6)13-21(33)30(17)14-22(25)36-24(30)35/h7,17-23,31-34H,8-15H2,1-6H3/t17-,18-,19+,20+,21-,22-,23-,26-,27-,28+,29+,30+/m0/s1. The first-order chi connectivity index (χ1) is 16.6. The number of rotatable bonds is 1. The van der Waals surface area contributed by atoms with Gasteiger partial charge in [0.25, 0.3) is 0 Å². The zero-order valence-electron chi connectivity index (χ0n) is 22.9. The third kappa shape index (κ3) is 2.61. The Morgan fingerprint density at radius 2 is 1.67 bits per heavy atom. The Labute approximate surface area is 215 Å². The van der Waals surface area contributed by atoms with E-state index in [-0.39, 0.29) is 58.1 Å². The number of carbonyl (C=O) groups is 1. The molecule has 0 aromatic carbocycles. The summed E-state index contributed by atoms with van der Waals surface area (Å²) in [7, 11) is 0. The summed E-state index contributed by atoms with van der Waals surface area (Å²) in [6.07, 6.45) is 4.92. The van der Waals surface area contributed by atoms with Crippen LogP contribution in [0.1, 0.15) is 86.5 Å². The van der Waals surface area contributed by atoms with Gasteiger partial charge in [-0.1, -0.05) is 53.2 Å². The number of aliphatic hydroxyl groups excluding tert-OH is 4. The van der Waals surface area contributed by atoms with E-state index in [4.69, 9.17) is 4.74 Å². The smallest absolute Gasteiger partial charge is 0.315 e. The van der Waals surface area contributed by atoms with Gasteiger partial charge in [0.1, 0.15) is 11.5 Å². The maximum absolute atomic E-state index is 13.4. The third-order valence-corrected chi connectivity index (χ3v) is 13.6. The number of allylic oxidation sites excluding steroid dienone is 2. The Hall–Kier alpha value is -0.950. The molecule has 2 bridgehead atoms. The minimum atomic E-state index is -0.933. The summed E-state index contributed by atoms with van der Waals surface area (Å²) in [5, 5.41) is 44.2. The highest BCUT2D eigenvalue weighted by molar-refractivity contribution is 5.82. The maximum Gasteiger partial charge on any atom is 0.315 e. The second-order valence-electron chi connectivity index (χ2n) is 15.3. The largest absolute Gasteiger partial charge is 0.461 e. The lowest BCUT2D eigenvalue weighted by molar-refractivity contribution is -0.247. The predicted octanol–water partition coefficient (Wildman–Crippen LogP) is 3.60. The molecule has 1 saturated heterocycles. The SMILES string of the molecule is CC1(C)C[C@H]2C3=CC[C@@H]4[C@@]5(C)C[C@H](O)[C@H](O)[C@@](C)(CO)[C@@H]5CC[C@@]4(C)[C@]3(C)C[C@H](O)[C@@]23C[C@@H]1OC3=O. The molecule has 4 N–H and O–H groups in total. The van der Waals surface area contributed by atoms with Crippen molar-refractivity contribution < 1.29 is 30.0 Å². The van der Waals surface area contributed by atoms with Crippen molar-refractivity contribution in [2.45, 2.75) is 111 Å². The van der Waals surface area contributed by atoms with Gasteiger partial charge in [-0.3, -0.25) is 4.79 Å². The van der Waals surface area contributed by atoms with Crippen LogP contribution < -0.4 is 0 Å². The van der Waals surface area contributed by atoms with Crippen molar-refractivity contribution >= 4 is 5.97 Å². The molecule has 4 saturated carbocycles. The molecule has 1 spiro atoms. The Morgan fingerprint density at radius 3 is 2.33 bits per heavy atom. The highest BCUT2D eigenvalue weighted by Crippen LogP contribution is 2.76. The highest BCUT2D eigenvalue weighted by atomic mass is 16.6. The van der Waals surface area contributed by atoms with Crippen LogP contribution >= 0.6 is 0 Å². The molecule has 12 atom stereocenters. The van der Waals surface area contributed by atoms with Crippen LogP contribution in [-0.2, 0) is 9.53 Å². The monoisotopic (exact) mass is 502 g/mol. The molecule has 1 aliphatic heterocycles. The molecule has 6 nitrogen and oxygen atoms in total. The van der Waals surface area contributed by atoms with Gasteiger partial charge in [-0.05, 0) is 72.5 Å². The predicted molar refractivity (Wildman–Crippen MR) is 135 cm³/mol. The van der Waals surface area contributed by atoms with Gasteiger partial charge in [0.2, 0.25) is 0 Å². The van der Waals surface area contributed by atoms with E-state index in [1.807, 2.05) is 6.92 Å². The van der Waals surface area contributed by atoms with Crippen LogP contribution in [0.2, 0.25) is 0 Å². The van der Waals surface area contributed by atoms with Crippen LogP contribution in [0.5, 0.6) is 0 Å². The Bertz CT molecular complexity index is 1020. The molecule has 1 heterocycles. The molecular weight excluding hydrogens is 456 g/mol. The van der Waals surface area contributed by atoms with Crippen molar-refractivity contribution in [3.05, 3.63) is 11.6 Å². The van der Waals surface area contributed by atoms with Crippen molar-refractivity contribution in [3.8, 4) is 0 Å². The number of hydrogen-bond donors (Lipinski definition) is 4. The van der Waals surface area contributed by atoms with Crippen molar-refractivity contribution in [2.75, 3.05) is 6.61 Å². The van der Waals surface area contributed by atoms with Crippen LogP contribution in [0, 0.1) is 50.2 Å². The van der Waals surface area contributed by atoms with Gasteiger partial charge < -0.3 is 25.2 Å². The van der Waals surface area contributed by atoms with Crippen molar-refractivity contribution in [3.63, 3.8) is 0 Å². The summed E-state index contributed by atoms with van der Waals surface area (Å²) in [6, 6.07) is 0. The van der Waals surface area contributed by atoms with E-state index in [0.717, 1.165) is 25.7 Å². The first kappa shape index (κ1) is 25.3. The van der Waals surface area contributed by atoms with Crippen LogP contribution in [0.15, 0.2) is 11.6 Å². The number of carbonyl (C=O) groups excluding carboxylic acids is 1. The fraction of sp³-hybridized carbons (Fsp3) is 0.900. The fourth-order valence-electron chi connectivity index (χ4n) is 11.3. The van der Waals surface area contributed by atoms with E-state index >= 15 is 0 Å². The van der Waals surface area contributed by atoms with E-state index in [1.165, 1.54) is 5.57 Å². The quantitative estimate of drug-likeness (QED) is 0.322. The van der Waals surface area contributed by atoms with Crippen LogP contribution in [-0.4, -0.2) is 57.4 Å². The second kappa shape index (κ2) is 7.16. The summed E-state index contributed by atoms with van der Waals surface area (Å²) < 4.78 is 5.92. The van der Waals surface area contributed by atoms with Gasteiger partial charge >= 0.3 is 5.97 Å². The lowest BCUT2D eigenvalue weighted by Crippen LogP contribution is -2.69. The summed E-state index contributed by atoms with van der Waals surface area (Å²) in [4.78, 5) is 13.4. The van der Waals surface area contributed by atoms with Gasteiger partial charge in [0.05, 0.1) is 24.9 Å². The normalized spacial score (nSPS) is 59.1. The molecular formula is C30H46O6. The van der Waals surface area contributed by atoms with Crippen molar-refractivity contribution in [2.24, 2.45) is 50.2 Å². The molecule has 5 fully saturated rings. The minimum Gasteiger partial charge on any atom is -0.461 e. The molecule has 36 heavy (non-hydrogen) atoms. The molecule has 0 aromatic rings. The van der Waals surface area contributed by atoms with Gasteiger partial charge in [0, 0.05) is 17.3 Å². The molecule has 0 radical (unpaired) electrons. The van der Waals surface area contributed by atoms with Gasteiger partial charge in [-0.25, -0.2) is 0 Å². The van der Waals surface area contributed by atoms with E-state index in [9.17, 15) is 25.2 Å². The number of ether oxygens (including phenoxy) is 1. The molecule has 0 unspecified atom stereocenters. The highest BCUT2D eigenvalue weighted by Gasteiger charge is 2.74. The van der Waals surface area contributed by atoms with E-state index in [1.54, 1.807) is 0 Å². The number of esters is 1. The van der Waals surface area contributed by atoms with E-state index in [0.29, 0.717) is 19.3 Å². The first-order valence-corrected chi connectivity index (χ1v) is 14.2. The van der Waals surface area contributed by atoms with Crippen LogP contribution in [0.4, 0.5) is 0 Å². The van der Waals surface area contributed by atoms with Crippen molar-refractivity contribution in [1.82, 2.24) is 0 Å². The summed E-state index contributed by atoms with van der Waals surface area (Å²) in [5.41, 5.74) is -1.01. The summed E-state index contributed by atoms with van der Waals surface area (Å²) in [6.45, 7) is 13.2. The van der Waals surface area contributed by atoms with E-state index < -0.39 is 29.1 Å². The lowest BCUT2D eigenvalue weighted by Gasteiger charge is -2.71. The van der Waals surface area contributed by atoms with Gasteiger partial charge in [-0.2, -0.15) is 0 Å². The summed E-state index contributed by atoms with van der Waals surface area (Å²) >= 11 is 0. The number of fused-ring (bicyclic) bond motifs is 7. The molecule has 202 valence electrons. The Balaban J connectivity index is 1.47. The molecule has 0 amide bonds. The van der Waals surface area contributed by atoms with Crippen LogP contribution in [0.25, 0.3) is 0 Å². The topological polar surface area (TPSA) is 107 Å². The van der Waals surface area contributed by atoms with Crippen molar-refractivity contribution in [1.29, 1.82) is 0 Å². The molecule has 0 aromatic heterocycles. The van der Waals surface area contributed by atoms with E-state index in [2.05, 4.69) is 40.7 Å². The summed E-state index contributed by atoms with van der Waals surface area (Å²) in [5.74, 6) is 0.123. The Morgan fingerprint density at radius 1 is 0.972 bits per heavy atom. The second-order valence-corrected chi connectivity index (χ2v) is 15.3. The Kier molecular flexibility index (Phi) is 5.04. The maximum atomic E-state index is 13.4. The zero-order chi connectivity index (χ0) is 26.3. The van der Waals surface area contributed by atoms with Gasteiger partial charge in [-0.15, -0.1) is 0 Å². The molecule has 6 heteroatoms. The number of aliphatic hydroxyl groups is 4. The molecule has 6 rings (SSSR count). The minimum absolute atomic E-state index is 0.0164. The molecule has 5 aliphatic carbocycles. The lowest BCUT2D eigenvalue weighted by atomic mass is 9.33. The average molecular weight is 503 g/mol. The van der Waals surface area contributed by atoms with Crippen LogP contribution in [0.3, 0.4) is 0 Å².